The molecular weight excluding hydrogens is 637 g/mol. The van der Waals surface area contributed by atoms with Crippen molar-refractivity contribution in [2.45, 2.75) is 87.2 Å². The van der Waals surface area contributed by atoms with E-state index in [0.29, 0.717) is 6.92 Å². The second kappa shape index (κ2) is 11.8. The summed E-state index contributed by atoms with van der Waals surface area (Å²) in [5.41, 5.74) is -4.45. The van der Waals surface area contributed by atoms with Crippen LogP contribution in [0.25, 0.3) is 0 Å². The summed E-state index contributed by atoms with van der Waals surface area (Å²) >= 11 is -3.54. The van der Waals surface area contributed by atoms with Gasteiger partial charge >= 0.3 is 53.6 Å². The predicted molar refractivity (Wildman–Crippen MR) is 95.7 cm³/mol. The highest BCUT2D eigenvalue weighted by Gasteiger charge is 2.95. The normalized spacial score (nSPS) is 16.5. The Labute approximate surface area is 214 Å². The van der Waals surface area contributed by atoms with Gasteiger partial charge in [0.15, 0.2) is 0 Å². The van der Waals surface area contributed by atoms with Crippen molar-refractivity contribution in [3.05, 3.63) is 11.1 Å². The van der Waals surface area contributed by atoms with E-state index < -0.39 is 95.3 Å². The summed E-state index contributed by atoms with van der Waals surface area (Å²) in [4.78, 5) is 16.3. The molecule has 0 amide bonds. The van der Waals surface area contributed by atoms with E-state index in [1.807, 2.05) is 0 Å². The molecule has 0 aliphatic rings. The summed E-state index contributed by atoms with van der Waals surface area (Å²) in [5, 5.41) is 0. The quantitative estimate of drug-likeness (QED) is 0.0977. The van der Waals surface area contributed by atoms with Crippen LogP contribution in [0.3, 0.4) is 0 Å². The monoisotopic (exact) mass is 652 g/mol. The topological polar surface area (TPSA) is 78.5 Å². The molecule has 0 heterocycles. The second-order valence-corrected chi connectivity index (χ2v) is 8.28. The average Bonchev–Trinajstić information content (AvgIpc) is 2.78. The fraction of sp³-hybridized carbons (Fsp3) is 0.824. The van der Waals surface area contributed by atoms with Crippen LogP contribution in [0.1, 0.15) is 39.5 Å². The van der Waals surface area contributed by atoms with E-state index in [-0.39, 0.29) is 6.42 Å². The van der Waals surface area contributed by atoms with Gasteiger partial charge in [0.1, 0.15) is 0 Å². The van der Waals surface area contributed by atoms with Crippen LogP contribution in [0, 0.1) is 0 Å². The van der Waals surface area contributed by atoms with E-state index >= 15 is 0 Å². The average molecular weight is 652 g/mol. The molecule has 0 saturated carbocycles. The van der Waals surface area contributed by atoms with Crippen molar-refractivity contribution in [3.8, 4) is 0 Å². The van der Waals surface area contributed by atoms with E-state index in [1.54, 1.807) is 0 Å². The van der Waals surface area contributed by atoms with Crippen LogP contribution < -0.4 is 4.89 Å². The van der Waals surface area contributed by atoms with Gasteiger partial charge in [-0.2, -0.15) is 74.6 Å². The zero-order valence-corrected chi connectivity index (χ0v) is 20.1. The molecule has 1 atom stereocenters. The Hall–Kier alpha value is -1.91. The van der Waals surface area contributed by atoms with Crippen molar-refractivity contribution in [1.29, 1.82) is 0 Å². The van der Waals surface area contributed by atoms with Crippen molar-refractivity contribution in [2.24, 2.45) is 0 Å². The number of hydrogen-bond donors (Lipinski definition) is 1. The number of hydrogen-bond acceptors (Lipinski definition) is 4. The van der Waals surface area contributed by atoms with Crippen LogP contribution in [0.4, 0.5) is 74.6 Å². The highest BCUT2D eigenvalue weighted by atomic mass is 32.2. The Bertz CT molecular complexity index is 977. The summed E-state index contributed by atoms with van der Waals surface area (Å²) in [7, 11) is 0. The summed E-state index contributed by atoms with van der Waals surface area (Å²) in [6.45, 7) is 1.72. The Morgan fingerprint density at radius 3 is 1.40 bits per heavy atom. The van der Waals surface area contributed by atoms with Crippen molar-refractivity contribution in [3.63, 3.8) is 0 Å². The number of halogens is 17. The first-order chi connectivity index (χ1) is 17.5. The molecule has 0 fully saturated rings. The predicted octanol–water partition coefficient (Wildman–Crippen LogP) is 6.73. The maximum atomic E-state index is 14.8. The molecule has 0 radical (unpaired) electrons. The number of nitrogens with one attached hydrogen (secondary N) is 1. The summed E-state index contributed by atoms with van der Waals surface area (Å²) < 4.78 is 251. The molecule has 0 aliphatic heterocycles. The molecule has 0 rings (SSSR count). The lowest BCUT2D eigenvalue weighted by molar-refractivity contribution is -0.460. The number of alkyl halides is 17. The Balaban J connectivity index is 7.29. The van der Waals surface area contributed by atoms with Gasteiger partial charge in [0, 0.05) is 11.1 Å². The van der Waals surface area contributed by atoms with E-state index in [4.69, 9.17) is 0 Å². The van der Waals surface area contributed by atoms with Gasteiger partial charge in [-0.15, -0.1) is 0 Å². The second-order valence-electron chi connectivity index (χ2n) is 7.64. The van der Waals surface area contributed by atoms with E-state index in [2.05, 4.69) is 4.84 Å². The Morgan fingerprint density at radius 2 is 1.07 bits per heavy atom. The fourth-order valence-corrected chi connectivity index (χ4v) is 2.96. The lowest BCUT2D eigenvalue weighted by atomic mass is 9.84. The number of allylic oxidation sites excluding steroid dienone is 1. The Kier molecular flexibility index (Phi) is 11.2. The summed E-state index contributed by atoms with van der Waals surface area (Å²) in [5.74, 6) is -60.4. The van der Waals surface area contributed by atoms with Crippen LogP contribution in [0.15, 0.2) is 11.1 Å². The van der Waals surface area contributed by atoms with Gasteiger partial charge < -0.3 is 9.39 Å². The molecule has 238 valence electrons. The fourth-order valence-electron chi connectivity index (χ4n) is 2.82. The van der Waals surface area contributed by atoms with Crippen LogP contribution in [-0.2, 0) is 20.9 Å². The molecular formula is C17H15F17NO4S-. The van der Waals surface area contributed by atoms with E-state index in [1.165, 1.54) is 0 Å². The number of unbranched alkanes of at least 4 members (excludes halogenated alkanes) is 1. The minimum absolute atomic E-state index is 0.330. The molecule has 0 aromatic heterocycles. The maximum Gasteiger partial charge on any atom is 0.460 e. The SMILES string of the molecule is CCCCC(=C(CC)C(=O)ONS(=O)[O-])C(F)(F)C(F)(F)C(F)(F)C(F)(F)C(F)(F)C(F)(F)C(F)(F)C(F)(F)F. The first-order valence-electron chi connectivity index (χ1n) is 9.98. The molecule has 0 saturated heterocycles. The minimum Gasteiger partial charge on any atom is -0.758 e. The van der Waals surface area contributed by atoms with Gasteiger partial charge in [0.25, 0.3) is 0 Å². The van der Waals surface area contributed by atoms with Crippen LogP contribution in [-0.4, -0.2) is 62.4 Å². The first-order valence-corrected chi connectivity index (χ1v) is 11.1. The molecule has 40 heavy (non-hydrogen) atoms. The van der Waals surface area contributed by atoms with Gasteiger partial charge in [0.2, 0.25) is 0 Å². The van der Waals surface area contributed by atoms with Gasteiger partial charge in [-0.1, -0.05) is 25.2 Å². The number of carbonyl (C=O) groups excluding carboxylic acids is 1. The van der Waals surface area contributed by atoms with Crippen LogP contribution in [0.5, 0.6) is 0 Å². The third kappa shape index (κ3) is 6.00. The van der Waals surface area contributed by atoms with Crippen LogP contribution in [0.2, 0.25) is 0 Å². The van der Waals surface area contributed by atoms with Crippen LogP contribution >= 0.6 is 0 Å². The standard InChI is InChI=1S/C17H16F17NO4S/c1-3-5-6-8(7(4-2)9(36)39-35-40(37)38)10(18,19)11(20,21)12(22,23)13(24,25)14(26,27)15(28,29)16(30,31)17(32,33)34/h35H,3-6H2,1-2H3,(H,37,38)/p-1. The summed E-state index contributed by atoms with van der Waals surface area (Å²) in [6.07, 6.45) is -11.9. The number of rotatable bonds is 14. The van der Waals surface area contributed by atoms with Crippen molar-refractivity contribution < 1.29 is 93.0 Å². The number of carbonyl (C=O) groups is 1. The van der Waals surface area contributed by atoms with Crippen molar-refractivity contribution in [2.75, 3.05) is 0 Å². The van der Waals surface area contributed by atoms with Gasteiger partial charge in [0.05, 0.1) is 11.3 Å². The zero-order chi connectivity index (χ0) is 32.6. The molecule has 1 unspecified atom stereocenters. The minimum atomic E-state index is -8.79. The third-order valence-electron chi connectivity index (χ3n) is 5.05. The van der Waals surface area contributed by atoms with E-state index in [9.17, 15) is 88.2 Å². The lowest BCUT2D eigenvalue weighted by Crippen LogP contribution is -2.74. The lowest BCUT2D eigenvalue weighted by Gasteiger charge is -2.43. The highest BCUT2D eigenvalue weighted by molar-refractivity contribution is 7.76. The van der Waals surface area contributed by atoms with E-state index in [0.717, 1.165) is 11.8 Å². The molecule has 0 spiro atoms. The maximum absolute atomic E-state index is 14.8. The summed E-state index contributed by atoms with van der Waals surface area (Å²) in [6, 6.07) is 0. The molecule has 1 N–H and O–H groups in total. The molecule has 23 heteroatoms. The molecule has 0 aliphatic carbocycles. The highest BCUT2D eigenvalue weighted by Crippen LogP contribution is 2.64. The smallest absolute Gasteiger partial charge is 0.460 e. The largest absolute Gasteiger partial charge is 0.758 e. The van der Waals surface area contributed by atoms with Gasteiger partial charge in [-0.3, -0.25) is 4.21 Å². The Morgan fingerprint density at radius 1 is 0.700 bits per heavy atom. The van der Waals surface area contributed by atoms with Gasteiger partial charge in [-0.25, -0.2) is 4.79 Å². The van der Waals surface area contributed by atoms with Gasteiger partial charge in [-0.05, 0) is 19.3 Å². The third-order valence-corrected chi connectivity index (χ3v) is 5.27. The van der Waals surface area contributed by atoms with Crippen molar-refractivity contribution >= 4 is 17.2 Å². The molecule has 5 nitrogen and oxygen atoms in total. The first kappa shape index (κ1) is 38.1. The molecule has 0 bridgehead atoms. The van der Waals surface area contributed by atoms with Crippen molar-refractivity contribution in [1.82, 2.24) is 4.89 Å². The molecule has 0 aromatic carbocycles. The molecule has 0 aromatic rings. The zero-order valence-electron chi connectivity index (χ0n) is 19.3.